The highest BCUT2D eigenvalue weighted by Gasteiger charge is 2.35. The molecule has 0 spiro atoms. The number of nitrogens with zero attached hydrogens (tertiary/aromatic N) is 1. The monoisotopic (exact) mass is 356 g/mol. The molecule has 5 nitrogen and oxygen atoms in total. The van der Waals surface area contributed by atoms with Crippen molar-refractivity contribution in [2.24, 2.45) is 5.92 Å². The number of amides is 1. The highest BCUT2D eigenvalue weighted by molar-refractivity contribution is 5.84. The van der Waals surface area contributed by atoms with Gasteiger partial charge in [0.1, 0.15) is 23.7 Å². The van der Waals surface area contributed by atoms with Crippen molar-refractivity contribution in [3.8, 4) is 0 Å². The van der Waals surface area contributed by atoms with Gasteiger partial charge in [0.2, 0.25) is 5.91 Å². The molecule has 0 aromatic heterocycles. The van der Waals surface area contributed by atoms with Gasteiger partial charge in [-0.1, -0.05) is 19.9 Å². The second-order valence-electron chi connectivity index (χ2n) is 6.88. The SMILES string of the molecule is CC(C)C[C@@H](C(=O)O)N(C)[C@@H](C(=O)NC(C)C)c1ccc(F)cc1F. The number of aliphatic carboxylic acids is 1. The van der Waals surface area contributed by atoms with Crippen LogP contribution in [0.1, 0.15) is 45.7 Å². The van der Waals surface area contributed by atoms with Crippen LogP contribution in [0.3, 0.4) is 0 Å². The van der Waals surface area contributed by atoms with Gasteiger partial charge in [-0.05, 0) is 39.3 Å². The molecule has 1 aromatic carbocycles. The van der Waals surface area contributed by atoms with Gasteiger partial charge in [-0.3, -0.25) is 14.5 Å². The molecule has 0 bridgehead atoms. The van der Waals surface area contributed by atoms with E-state index in [1.807, 2.05) is 13.8 Å². The number of nitrogens with one attached hydrogen (secondary N) is 1. The van der Waals surface area contributed by atoms with Crippen LogP contribution in [0.5, 0.6) is 0 Å². The van der Waals surface area contributed by atoms with Crippen molar-refractivity contribution in [2.45, 2.75) is 52.2 Å². The molecular formula is C18H26F2N2O3. The third-order valence-electron chi connectivity index (χ3n) is 3.81. The van der Waals surface area contributed by atoms with Gasteiger partial charge in [0, 0.05) is 17.7 Å². The van der Waals surface area contributed by atoms with E-state index in [1.165, 1.54) is 18.0 Å². The first-order valence-corrected chi connectivity index (χ1v) is 8.24. The van der Waals surface area contributed by atoms with Crippen molar-refractivity contribution in [1.82, 2.24) is 10.2 Å². The lowest BCUT2D eigenvalue weighted by atomic mass is 9.97. The fraction of sp³-hybridized carbons (Fsp3) is 0.556. The standard InChI is InChI=1S/C18H26F2N2O3/c1-10(2)8-15(18(24)25)22(5)16(17(23)21-11(3)4)13-7-6-12(19)9-14(13)20/h6-7,9-11,15-16H,8H2,1-5H3,(H,21,23)(H,24,25)/t15-,16+/m0/s1. The minimum atomic E-state index is -1.18. The Morgan fingerprint density at radius 1 is 1.20 bits per heavy atom. The molecule has 0 saturated carbocycles. The lowest BCUT2D eigenvalue weighted by Gasteiger charge is -2.33. The van der Waals surface area contributed by atoms with Gasteiger partial charge in [0.25, 0.3) is 0 Å². The Labute approximate surface area is 147 Å². The molecule has 0 saturated heterocycles. The summed E-state index contributed by atoms with van der Waals surface area (Å²) in [7, 11) is 1.47. The molecule has 1 rings (SSSR count). The molecule has 1 aromatic rings. The number of carbonyl (C=O) groups is 2. The van der Waals surface area contributed by atoms with E-state index in [0.717, 1.165) is 6.07 Å². The lowest BCUT2D eigenvalue weighted by Crippen LogP contribution is -2.48. The third kappa shape index (κ3) is 5.77. The van der Waals surface area contributed by atoms with Gasteiger partial charge >= 0.3 is 5.97 Å². The number of rotatable bonds is 8. The number of carbonyl (C=O) groups excluding carboxylic acids is 1. The third-order valence-corrected chi connectivity index (χ3v) is 3.81. The summed E-state index contributed by atoms with van der Waals surface area (Å²) in [5.74, 6) is -3.21. The van der Waals surface area contributed by atoms with E-state index < -0.39 is 35.6 Å². The average molecular weight is 356 g/mol. The Kier molecular flexibility index (Phi) is 7.48. The van der Waals surface area contributed by atoms with E-state index in [0.29, 0.717) is 12.5 Å². The van der Waals surface area contributed by atoms with E-state index >= 15 is 0 Å². The van der Waals surface area contributed by atoms with Gasteiger partial charge in [0.15, 0.2) is 0 Å². The van der Waals surface area contributed by atoms with Crippen LogP contribution >= 0.6 is 0 Å². The van der Waals surface area contributed by atoms with Gasteiger partial charge in [0.05, 0.1) is 0 Å². The summed E-state index contributed by atoms with van der Waals surface area (Å²) in [6.07, 6.45) is 0.292. The smallest absolute Gasteiger partial charge is 0.320 e. The average Bonchev–Trinajstić information content (AvgIpc) is 2.45. The molecular weight excluding hydrogens is 330 g/mol. The summed E-state index contributed by atoms with van der Waals surface area (Å²) in [5, 5.41) is 12.2. The van der Waals surface area contributed by atoms with E-state index in [-0.39, 0.29) is 17.5 Å². The molecule has 0 aliphatic rings. The fourth-order valence-corrected chi connectivity index (χ4v) is 2.70. The molecule has 2 atom stereocenters. The summed E-state index contributed by atoms with van der Waals surface area (Å²) >= 11 is 0. The van der Waals surface area contributed by atoms with E-state index in [1.54, 1.807) is 13.8 Å². The molecule has 0 radical (unpaired) electrons. The van der Waals surface area contributed by atoms with Crippen LogP contribution in [-0.2, 0) is 9.59 Å². The number of benzene rings is 1. The molecule has 1 amide bonds. The summed E-state index contributed by atoms with van der Waals surface area (Å²) in [6, 6.07) is 0.563. The Hall–Kier alpha value is -2.02. The predicted molar refractivity (Wildman–Crippen MR) is 91.0 cm³/mol. The van der Waals surface area contributed by atoms with Crippen LogP contribution in [0.25, 0.3) is 0 Å². The van der Waals surface area contributed by atoms with Crippen LogP contribution in [-0.4, -0.2) is 41.0 Å². The maximum atomic E-state index is 14.3. The van der Waals surface area contributed by atoms with Crippen molar-refractivity contribution in [2.75, 3.05) is 7.05 Å². The highest BCUT2D eigenvalue weighted by Crippen LogP contribution is 2.27. The summed E-state index contributed by atoms with van der Waals surface area (Å²) in [6.45, 7) is 7.23. The van der Waals surface area contributed by atoms with Gasteiger partial charge in [-0.15, -0.1) is 0 Å². The molecule has 7 heteroatoms. The zero-order valence-corrected chi connectivity index (χ0v) is 15.2. The molecule has 140 valence electrons. The largest absolute Gasteiger partial charge is 0.480 e. The first-order valence-electron chi connectivity index (χ1n) is 8.24. The minimum absolute atomic E-state index is 0.0583. The second kappa shape index (κ2) is 8.89. The summed E-state index contributed by atoms with van der Waals surface area (Å²) in [4.78, 5) is 25.6. The molecule has 0 aliphatic heterocycles. The predicted octanol–water partition coefficient (Wildman–Crippen LogP) is 2.96. The van der Waals surface area contributed by atoms with Crippen LogP contribution in [0.15, 0.2) is 18.2 Å². The van der Waals surface area contributed by atoms with Crippen molar-refractivity contribution < 1.29 is 23.5 Å². The zero-order valence-electron chi connectivity index (χ0n) is 15.2. The lowest BCUT2D eigenvalue weighted by molar-refractivity contribution is -0.145. The van der Waals surface area contributed by atoms with Gasteiger partial charge in [-0.2, -0.15) is 0 Å². The Balaban J connectivity index is 3.33. The minimum Gasteiger partial charge on any atom is -0.480 e. The Morgan fingerprint density at radius 3 is 2.24 bits per heavy atom. The number of carboxylic acid groups (broad SMARTS) is 1. The van der Waals surface area contributed by atoms with E-state index in [9.17, 15) is 23.5 Å². The van der Waals surface area contributed by atoms with Crippen molar-refractivity contribution in [3.63, 3.8) is 0 Å². The van der Waals surface area contributed by atoms with Crippen LogP contribution in [0, 0.1) is 17.6 Å². The number of carboxylic acids is 1. The molecule has 2 N–H and O–H groups in total. The first kappa shape index (κ1) is 21.0. The Morgan fingerprint density at radius 2 is 1.80 bits per heavy atom. The summed E-state index contributed by atoms with van der Waals surface area (Å²) in [5.41, 5.74) is -0.0583. The molecule has 0 unspecified atom stereocenters. The maximum Gasteiger partial charge on any atom is 0.320 e. The normalized spacial score (nSPS) is 14.0. The summed E-state index contributed by atoms with van der Waals surface area (Å²) < 4.78 is 27.5. The molecule has 0 fully saturated rings. The zero-order chi connectivity index (χ0) is 19.3. The Bertz CT molecular complexity index is 620. The number of halogens is 2. The van der Waals surface area contributed by atoms with Gasteiger partial charge < -0.3 is 10.4 Å². The second-order valence-corrected chi connectivity index (χ2v) is 6.88. The van der Waals surface area contributed by atoms with Crippen molar-refractivity contribution in [3.05, 3.63) is 35.4 Å². The highest BCUT2D eigenvalue weighted by atomic mass is 19.1. The number of likely N-dealkylation sites (N-methyl/N-ethyl adjacent to an activating group) is 1. The number of hydrogen-bond acceptors (Lipinski definition) is 3. The molecule has 0 aliphatic carbocycles. The molecule has 25 heavy (non-hydrogen) atoms. The first-order chi connectivity index (χ1) is 11.5. The van der Waals surface area contributed by atoms with Crippen LogP contribution in [0.4, 0.5) is 8.78 Å². The van der Waals surface area contributed by atoms with E-state index in [4.69, 9.17) is 0 Å². The van der Waals surface area contributed by atoms with Crippen molar-refractivity contribution in [1.29, 1.82) is 0 Å². The fourth-order valence-electron chi connectivity index (χ4n) is 2.70. The topological polar surface area (TPSA) is 69.6 Å². The quantitative estimate of drug-likeness (QED) is 0.751. The number of hydrogen-bond donors (Lipinski definition) is 2. The van der Waals surface area contributed by atoms with E-state index in [2.05, 4.69) is 5.32 Å². The van der Waals surface area contributed by atoms with Crippen LogP contribution in [0.2, 0.25) is 0 Å². The maximum absolute atomic E-state index is 14.3. The van der Waals surface area contributed by atoms with Crippen LogP contribution < -0.4 is 5.32 Å². The molecule has 0 heterocycles. The van der Waals surface area contributed by atoms with Gasteiger partial charge in [-0.25, -0.2) is 8.78 Å². The van der Waals surface area contributed by atoms with Crippen molar-refractivity contribution >= 4 is 11.9 Å².